The number of carboxylic acid groups (broad SMARTS) is 1. The summed E-state index contributed by atoms with van der Waals surface area (Å²) in [7, 11) is 0. The molecule has 0 bridgehead atoms. The van der Waals surface area contributed by atoms with E-state index >= 15 is 0 Å². The van der Waals surface area contributed by atoms with Crippen molar-refractivity contribution in [1.82, 2.24) is 9.47 Å². The minimum atomic E-state index is -1.12. The van der Waals surface area contributed by atoms with Crippen molar-refractivity contribution >= 4 is 61.8 Å². The van der Waals surface area contributed by atoms with Gasteiger partial charge in [0.05, 0.1) is 18.0 Å². The number of carbonyl (C=O) groups is 3. The fraction of sp³-hybridized carbons (Fsp3) is 0.0800. The van der Waals surface area contributed by atoms with Crippen molar-refractivity contribution in [3.05, 3.63) is 98.9 Å². The van der Waals surface area contributed by atoms with Gasteiger partial charge in [0.15, 0.2) is 0 Å². The van der Waals surface area contributed by atoms with Crippen molar-refractivity contribution in [2.45, 2.75) is 13.1 Å². The Morgan fingerprint density at radius 1 is 1.03 bits per heavy atom. The summed E-state index contributed by atoms with van der Waals surface area (Å²) >= 11 is 4.31. The highest BCUT2D eigenvalue weighted by molar-refractivity contribution is 9.10. The lowest BCUT2D eigenvalue weighted by Crippen LogP contribution is -2.27. The Hall–Kier alpha value is -3.56. The van der Waals surface area contributed by atoms with Crippen molar-refractivity contribution in [2.24, 2.45) is 0 Å². The number of rotatable bonds is 6. The van der Waals surface area contributed by atoms with Crippen LogP contribution in [0.2, 0.25) is 0 Å². The topological polar surface area (TPSA) is 92.8 Å². The molecule has 1 aliphatic rings. The molecule has 0 spiro atoms. The van der Waals surface area contributed by atoms with E-state index in [0.717, 1.165) is 38.3 Å². The monoisotopic (exact) mass is 536 g/mol. The van der Waals surface area contributed by atoms with E-state index in [1.165, 1.54) is 11.0 Å². The van der Waals surface area contributed by atoms with Crippen molar-refractivity contribution in [1.29, 1.82) is 0 Å². The van der Waals surface area contributed by atoms with Crippen LogP contribution >= 0.6 is 27.7 Å². The molecule has 1 N–H and O–H groups in total. The van der Waals surface area contributed by atoms with Gasteiger partial charge in [0, 0.05) is 27.1 Å². The SMILES string of the molecule is O=C(O)c1ccc(Cn2cc(/C=C3\SC(=O)N(Cc4ccc(Br)cc4)C3=O)c3ccccc32)o1. The summed E-state index contributed by atoms with van der Waals surface area (Å²) in [6, 6.07) is 18.2. The normalized spacial score (nSPS) is 15.1. The number of aromatic carboxylic acids is 1. The Bertz CT molecular complexity index is 1470. The van der Waals surface area contributed by atoms with Gasteiger partial charge in [-0.3, -0.25) is 14.5 Å². The number of aromatic nitrogens is 1. The van der Waals surface area contributed by atoms with E-state index in [1.807, 2.05) is 59.3 Å². The number of carbonyl (C=O) groups excluding carboxylic acids is 2. The number of amides is 2. The molecule has 2 amide bonds. The third kappa shape index (κ3) is 4.32. The molecule has 7 nitrogen and oxygen atoms in total. The molecule has 2 aromatic heterocycles. The van der Waals surface area contributed by atoms with Gasteiger partial charge in [-0.2, -0.15) is 0 Å². The number of para-hydroxylation sites is 1. The molecule has 0 atom stereocenters. The largest absolute Gasteiger partial charge is 0.475 e. The highest BCUT2D eigenvalue weighted by atomic mass is 79.9. The van der Waals surface area contributed by atoms with Crippen LogP contribution in [0.4, 0.5) is 4.79 Å². The molecule has 34 heavy (non-hydrogen) atoms. The smallest absolute Gasteiger partial charge is 0.371 e. The van der Waals surface area contributed by atoms with Gasteiger partial charge in [-0.25, -0.2) is 4.79 Å². The molecule has 0 saturated carbocycles. The first-order chi connectivity index (χ1) is 16.4. The quantitative estimate of drug-likeness (QED) is 0.304. The highest BCUT2D eigenvalue weighted by Gasteiger charge is 2.35. The number of nitrogens with zero attached hydrogens (tertiary/aromatic N) is 2. The van der Waals surface area contributed by atoms with E-state index in [4.69, 9.17) is 9.52 Å². The van der Waals surface area contributed by atoms with Gasteiger partial charge < -0.3 is 14.1 Å². The summed E-state index contributed by atoms with van der Waals surface area (Å²) in [5, 5.41) is 9.70. The summed E-state index contributed by atoms with van der Waals surface area (Å²) in [6.45, 7) is 0.536. The minimum absolute atomic E-state index is 0.119. The molecular weight excluding hydrogens is 520 g/mol. The predicted octanol–water partition coefficient (Wildman–Crippen LogP) is 5.98. The second-order valence-electron chi connectivity index (χ2n) is 7.69. The van der Waals surface area contributed by atoms with Crippen LogP contribution < -0.4 is 0 Å². The van der Waals surface area contributed by atoms with Gasteiger partial charge in [0.25, 0.3) is 11.1 Å². The van der Waals surface area contributed by atoms with Gasteiger partial charge in [-0.1, -0.05) is 46.3 Å². The van der Waals surface area contributed by atoms with Gasteiger partial charge in [0.1, 0.15) is 5.76 Å². The second kappa shape index (κ2) is 9.00. The highest BCUT2D eigenvalue weighted by Crippen LogP contribution is 2.35. The Balaban J connectivity index is 1.44. The Labute approximate surface area is 206 Å². The summed E-state index contributed by atoms with van der Waals surface area (Å²) in [6.07, 6.45) is 3.60. The van der Waals surface area contributed by atoms with E-state index in [1.54, 1.807) is 12.1 Å². The number of halogens is 1. The number of carboxylic acids is 1. The first kappa shape index (κ1) is 22.2. The van der Waals surface area contributed by atoms with Crippen LogP contribution in [0.5, 0.6) is 0 Å². The molecule has 4 aromatic rings. The number of fused-ring (bicyclic) bond motifs is 1. The van der Waals surface area contributed by atoms with Gasteiger partial charge >= 0.3 is 5.97 Å². The van der Waals surface area contributed by atoms with Crippen molar-refractivity contribution in [3.8, 4) is 0 Å². The first-order valence-electron chi connectivity index (χ1n) is 10.3. The third-order valence-electron chi connectivity index (χ3n) is 5.43. The summed E-state index contributed by atoms with van der Waals surface area (Å²) < 4.78 is 8.26. The maximum absolute atomic E-state index is 13.0. The predicted molar refractivity (Wildman–Crippen MR) is 132 cm³/mol. The maximum atomic E-state index is 13.0. The molecule has 1 saturated heterocycles. The van der Waals surface area contributed by atoms with Crippen molar-refractivity contribution < 1.29 is 23.9 Å². The van der Waals surface area contributed by atoms with E-state index in [9.17, 15) is 14.4 Å². The van der Waals surface area contributed by atoms with Crippen molar-refractivity contribution in [2.75, 3.05) is 0 Å². The van der Waals surface area contributed by atoms with E-state index in [2.05, 4.69) is 15.9 Å². The molecule has 1 aliphatic heterocycles. The average Bonchev–Trinajstić information content (AvgIpc) is 3.50. The molecule has 1 fully saturated rings. The second-order valence-corrected chi connectivity index (χ2v) is 9.60. The van der Waals surface area contributed by atoms with Crippen LogP contribution in [0.3, 0.4) is 0 Å². The molecule has 0 aliphatic carbocycles. The van der Waals surface area contributed by atoms with E-state index in [-0.39, 0.29) is 23.5 Å². The zero-order valence-corrected chi connectivity index (χ0v) is 20.0. The molecular formula is C25H17BrN2O5S. The molecule has 2 aromatic carbocycles. The number of hydrogen-bond acceptors (Lipinski definition) is 5. The molecule has 9 heteroatoms. The van der Waals surface area contributed by atoms with Crippen LogP contribution in [0.15, 0.2) is 80.7 Å². The van der Waals surface area contributed by atoms with Gasteiger partial charge in [-0.05, 0) is 53.7 Å². The molecule has 5 rings (SSSR count). The van der Waals surface area contributed by atoms with E-state index in [0.29, 0.717) is 17.2 Å². The van der Waals surface area contributed by atoms with Crippen LogP contribution in [0.25, 0.3) is 17.0 Å². The molecule has 0 radical (unpaired) electrons. The number of furan rings is 1. The number of imide groups is 1. The number of hydrogen-bond donors (Lipinski definition) is 1. The Morgan fingerprint density at radius 2 is 1.79 bits per heavy atom. The number of benzene rings is 2. The van der Waals surface area contributed by atoms with Gasteiger partial charge in [0.2, 0.25) is 5.76 Å². The maximum Gasteiger partial charge on any atom is 0.371 e. The van der Waals surface area contributed by atoms with Gasteiger partial charge in [-0.15, -0.1) is 0 Å². The van der Waals surface area contributed by atoms with Crippen LogP contribution in [-0.4, -0.2) is 31.7 Å². The summed E-state index contributed by atoms with van der Waals surface area (Å²) in [5.41, 5.74) is 2.55. The molecule has 3 heterocycles. The summed E-state index contributed by atoms with van der Waals surface area (Å²) in [4.78, 5) is 38.3. The lowest BCUT2D eigenvalue weighted by Gasteiger charge is -2.12. The average molecular weight is 537 g/mol. The zero-order chi connectivity index (χ0) is 23.8. The van der Waals surface area contributed by atoms with Crippen LogP contribution in [0.1, 0.15) is 27.4 Å². The fourth-order valence-electron chi connectivity index (χ4n) is 3.82. The van der Waals surface area contributed by atoms with E-state index < -0.39 is 5.97 Å². The fourth-order valence-corrected chi connectivity index (χ4v) is 4.91. The molecule has 170 valence electrons. The Morgan fingerprint density at radius 3 is 2.53 bits per heavy atom. The number of thioether (sulfide) groups is 1. The lowest BCUT2D eigenvalue weighted by atomic mass is 10.1. The minimum Gasteiger partial charge on any atom is -0.475 e. The van der Waals surface area contributed by atoms with Crippen LogP contribution in [-0.2, 0) is 17.9 Å². The summed E-state index contributed by atoms with van der Waals surface area (Å²) in [5.74, 6) is -1.07. The first-order valence-corrected chi connectivity index (χ1v) is 11.9. The lowest BCUT2D eigenvalue weighted by molar-refractivity contribution is -0.123. The molecule has 0 unspecified atom stereocenters. The van der Waals surface area contributed by atoms with Crippen LogP contribution in [0, 0.1) is 0 Å². The van der Waals surface area contributed by atoms with Crippen molar-refractivity contribution in [3.63, 3.8) is 0 Å². The standard InChI is InChI=1S/C25H17BrN2O5S/c26-17-7-5-15(6-8-17)12-28-23(29)22(34-25(28)32)11-16-13-27(20-4-2-1-3-19(16)20)14-18-9-10-21(33-18)24(30)31/h1-11,13H,12,14H2,(H,30,31)/b22-11-. The Kier molecular flexibility index (Phi) is 5.89. The zero-order valence-electron chi connectivity index (χ0n) is 17.6. The third-order valence-corrected chi connectivity index (χ3v) is 6.87.